The Hall–Kier alpha value is -3.30. The first kappa shape index (κ1) is 22.9. The maximum Gasteiger partial charge on any atom is 0.295 e. The maximum absolute atomic E-state index is 14.8. The van der Waals surface area contributed by atoms with E-state index in [0.717, 1.165) is 31.0 Å². The highest BCUT2D eigenvalue weighted by atomic mass is 19.1. The van der Waals surface area contributed by atoms with Crippen molar-refractivity contribution in [2.24, 2.45) is 5.92 Å². The van der Waals surface area contributed by atoms with Crippen molar-refractivity contribution >= 4 is 23.0 Å². The second-order valence-corrected chi connectivity index (χ2v) is 8.59. The van der Waals surface area contributed by atoms with E-state index in [9.17, 15) is 28.1 Å². The molecule has 0 unspecified atom stereocenters. The van der Waals surface area contributed by atoms with Gasteiger partial charge in [0.1, 0.15) is 22.9 Å². The fourth-order valence-electron chi connectivity index (χ4n) is 4.44. The van der Waals surface area contributed by atoms with E-state index in [1.54, 1.807) is 4.90 Å². The smallest absolute Gasteiger partial charge is 0.295 e. The quantitative estimate of drug-likeness (QED) is 0.503. The Morgan fingerprint density at radius 3 is 2.06 bits per heavy atom. The summed E-state index contributed by atoms with van der Waals surface area (Å²) in [7, 11) is 0. The predicted molar refractivity (Wildman–Crippen MR) is 118 cm³/mol. The van der Waals surface area contributed by atoms with Gasteiger partial charge in [-0.1, -0.05) is 13.0 Å². The van der Waals surface area contributed by atoms with Crippen LogP contribution in [0.2, 0.25) is 0 Å². The molecule has 10 heteroatoms. The first-order valence-corrected chi connectivity index (χ1v) is 11.0. The molecule has 0 bridgehead atoms. The second kappa shape index (κ2) is 9.29. The highest BCUT2D eigenvalue weighted by Crippen LogP contribution is 2.37. The first-order valence-electron chi connectivity index (χ1n) is 11.0. The molecule has 0 N–H and O–H groups in total. The number of nitrogens with zero attached hydrogens (tertiary/aromatic N) is 4. The van der Waals surface area contributed by atoms with Crippen LogP contribution in [0, 0.1) is 33.5 Å². The number of carbonyl (C=O) groups is 1. The topological polar surface area (TPSA) is 69.9 Å². The van der Waals surface area contributed by atoms with Gasteiger partial charge in [0.25, 0.3) is 11.6 Å². The molecule has 4 rings (SSSR count). The zero-order valence-corrected chi connectivity index (χ0v) is 18.3. The molecule has 0 atom stereocenters. The summed E-state index contributed by atoms with van der Waals surface area (Å²) >= 11 is 0. The first-order chi connectivity index (χ1) is 15.8. The summed E-state index contributed by atoms with van der Waals surface area (Å²) in [6.45, 7) is 4.16. The number of piperazine rings is 1. The highest BCUT2D eigenvalue weighted by Gasteiger charge is 2.31. The van der Waals surface area contributed by atoms with Gasteiger partial charge in [0.15, 0.2) is 5.82 Å². The summed E-state index contributed by atoms with van der Waals surface area (Å²) in [5.41, 5.74) is -0.351. The van der Waals surface area contributed by atoms with Gasteiger partial charge < -0.3 is 14.7 Å². The Kier molecular flexibility index (Phi) is 6.44. The number of carbonyl (C=O) groups excluding carboxylic acids is 1. The zero-order chi connectivity index (χ0) is 23.7. The van der Waals surface area contributed by atoms with Gasteiger partial charge in [0, 0.05) is 39.3 Å². The van der Waals surface area contributed by atoms with Crippen LogP contribution in [0.3, 0.4) is 0 Å². The van der Waals surface area contributed by atoms with Crippen molar-refractivity contribution in [2.75, 3.05) is 49.1 Å². The molecule has 2 fully saturated rings. The number of anilines is 2. The van der Waals surface area contributed by atoms with Crippen LogP contribution < -0.4 is 9.80 Å². The summed E-state index contributed by atoms with van der Waals surface area (Å²) in [6, 6.07) is 5.70. The summed E-state index contributed by atoms with van der Waals surface area (Å²) in [5, 5.41) is 11.6. The van der Waals surface area contributed by atoms with Gasteiger partial charge in [-0.25, -0.2) is 13.2 Å². The molecule has 2 aliphatic heterocycles. The lowest BCUT2D eigenvalue weighted by atomic mass is 9.98. The molecule has 2 aromatic carbocycles. The number of halogens is 3. The number of hydrogen-bond donors (Lipinski definition) is 0. The molecule has 33 heavy (non-hydrogen) atoms. The third-order valence-corrected chi connectivity index (χ3v) is 6.45. The van der Waals surface area contributed by atoms with Gasteiger partial charge in [-0.3, -0.25) is 14.9 Å². The third-order valence-electron chi connectivity index (χ3n) is 6.45. The van der Waals surface area contributed by atoms with E-state index in [4.69, 9.17) is 0 Å². The third kappa shape index (κ3) is 4.60. The normalized spacial score (nSPS) is 17.4. The summed E-state index contributed by atoms with van der Waals surface area (Å²) < 4.78 is 42.8. The number of rotatable bonds is 4. The summed E-state index contributed by atoms with van der Waals surface area (Å²) in [5.74, 6) is -2.72. The Balaban J connectivity index is 1.55. The van der Waals surface area contributed by atoms with Crippen molar-refractivity contribution in [1.29, 1.82) is 0 Å². The SMILES string of the molecule is CC1CCN(c2cc(N3CCN(C(=O)c4c(F)cccc4F)CC3)c([N+](=O)[O-])cc2F)CC1. The van der Waals surface area contributed by atoms with Crippen LogP contribution in [-0.2, 0) is 0 Å². The molecule has 2 heterocycles. The van der Waals surface area contributed by atoms with E-state index in [-0.39, 0.29) is 37.6 Å². The minimum atomic E-state index is -0.933. The van der Waals surface area contributed by atoms with E-state index in [1.165, 1.54) is 17.0 Å². The van der Waals surface area contributed by atoms with Gasteiger partial charge in [0.05, 0.1) is 16.7 Å². The van der Waals surface area contributed by atoms with E-state index in [1.807, 2.05) is 4.90 Å². The van der Waals surface area contributed by atoms with Crippen LogP contribution in [0.1, 0.15) is 30.1 Å². The van der Waals surface area contributed by atoms with Crippen molar-refractivity contribution in [1.82, 2.24) is 4.90 Å². The van der Waals surface area contributed by atoms with Crippen molar-refractivity contribution < 1.29 is 22.9 Å². The fraction of sp³-hybridized carbons (Fsp3) is 0.435. The van der Waals surface area contributed by atoms with Crippen LogP contribution in [-0.4, -0.2) is 55.0 Å². The zero-order valence-electron chi connectivity index (χ0n) is 18.3. The van der Waals surface area contributed by atoms with Crippen molar-refractivity contribution in [2.45, 2.75) is 19.8 Å². The Labute approximate surface area is 189 Å². The predicted octanol–water partition coefficient (Wildman–Crippen LogP) is 4.21. The number of amides is 1. The monoisotopic (exact) mass is 462 g/mol. The highest BCUT2D eigenvalue weighted by molar-refractivity contribution is 5.95. The van der Waals surface area contributed by atoms with Gasteiger partial charge in [-0.2, -0.15) is 0 Å². The number of benzene rings is 2. The summed E-state index contributed by atoms with van der Waals surface area (Å²) in [6.07, 6.45) is 1.83. The molecule has 0 radical (unpaired) electrons. The summed E-state index contributed by atoms with van der Waals surface area (Å²) in [4.78, 5) is 28.6. The molecule has 0 aliphatic carbocycles. The number of nitro groups is 1. The molecule has 1 amide bonds. The number of piperidine rings is 1. The molecule has 2 aromatic rings. The van der Waals surface area contributed by atoms with E-state index in [2.05, 4.69) is 6.92 Å². The van der Waals surface area contributed by atoms with Crippen molar-refractivity contribution in [3.63, 3.8) is 0 Å². The lowest BCUT2D eigenvalue weighted by Crippen LogP contribution is -2.49. The van der Waals surface area contributed by atoms with Gasteiger partial charge in [0.2, 0.25) is 0 Å². The largest absolute Gasteiger partial charge is 0.369 e. The van der Waals surface area contributed by atoms with Crippen molar-refractivity contribution in [3.05, 3.63) is 63.5 Å². The second-order valence-electron chi connectivity index (χ2n) is 8.59. The Morgan fingerprint density at radius 1 is 0.909 bits per heavy atom. The van der Waals surface area contributed by atoms with Crippen LogP contribution in [0.5, 0.6) is 0 Å². The molecule has 0 aromatic heterocycles. The number of nitro benzene ring substituents is 1. The van der Waals surface area contributed by atoms with Gasteiger partial charge in [-0.05, 0) is 37.0 Å². The Bertz CT molecular complexity index is 1040. The molecule has 0 spiro atoms. The standard InChI is InChI=1S/C23H25F3N4O3/c1-15-5-7-27(8-6-15)19-14-20(21(30(32)33)13-18(19)26)28-9-11-29(12-10-28)23(31)22-16(24)3-2-4-17(22)25/h2-4,13-15H,5-12H2,1H3. The molecular weight excluding hydrogens is 437 g/mol. The van der Waals surface area contributed by atoms with Gasteiger partial charge in [-0.15, -0.1) is 0 Å². The molecule has 2 saturated heterocycles. The molecule has 7 nitrogen and oxygen atoms in total. The fourth-order valence-corrected chi connectivity index (χ4v) is 4.44. The number of hydrogen-bond acceptors (Lipinski definition) is 5. The lowest BCUT2D eigenvalue weighted by molar-refractivity contribution is -0.384. The van der Waals surface area contributed by atoms with Crippen LogP contribution in [0.15, 0.2) is 30.3 Å². The maximum atomic E-state index is 14.8. The lowest BCUT2D eigenvalue weighted by Gasteiger charge is -2.37. The molecule has 176 valence electrons. The van der Waals surface area contributed by atoms with Crippen molar-refractivity contribution in [3.8, 4) is 0 Å². The Morgan fingerprint density at radius 2 is 1.48 bits per heavy atom. The molecule has 2 aliphatic rings. The van der Waals surface area contributed by atoms with E-state index in [0.29, 0.717) is 24.7 Å². The minimum Gasteiger partial charge on any atom is -0.369 e. The van der Waals surface area contributed by atoms with Crippen LogP contribution >= 0.6 is 0 Å². The minimum absolute atomic E-state index is 0.123. The average Bonchev–Trinajstić information content (AvgIpc) is 2.79. The van der Waals surface area contributed by atoms with Crippen LogP contribution in [0.25, 0.3) is 0 Å². The molecular formula is C23H25F3N4O3. The van der Waals surface area contributed by atoms with Gasteiger partial charge >= 0.3 is 0 Å². The molecule has 0 saturated carbocycles. The average molecular weight is 462 g/mol. The van der Waals surface area contributed by atoms with Crippen LogP contribution in [0.4, 0.5) is 30.2 Å². The van der Waals surface area contributed by atoms with E-state index < -0.39 is 33.8 Å². The van der Waals surface area contributed by atoms with E-state index >= 15 is 0 Å².